The Balaban J connectivity index is 2.10. The molecule has 0 aliphatic rings. The van der Waals surface area contributed by atoms with Crippen molar-refractivity contribution in [2.24, 2.45) is 0 Å². The van der Waals surface area contributed by atoms with Crippen LogP contribution in [0.4, 0.5) is 0 Å². The highest BCUT2D eigenvalue weighted by molar-refractivity contribution is 5.86. The number of H-pyrrole nitrogens is 1. The topological polar surface area (TPSA) is 68.6 Å². The van der Waals surface area contributed by atoms with Gasteiger partial charge in [0.15, 0.2) is 5.65 Å². The average molecular weight is 325 g/mol. The molecule has 0 unspecified atom stereocenters. The van der Waals surface area contributed by atoms with Gasteiger partial charge in [-0.2, -0.15) is 5.10 Å². The third kappa shape index (κ3) is 3.04. The highest BCUT2D eigenvalue weighted by Crippen LogP contribution is 2.20. The van der Waals surface area contributed by atoms with E-state index in [9.17, 15) is 4.79 Å². The summed E-state index contributed by atoms with van der Waals surface area (Å²) in [6, 6.07) is 7.65. The predicted molar refractivity (Wildman–Crippen MR) is 92.0 cm³/mol. The van der Waals surface area contributed by atoms with E-state index in [0.717, 1.165) is 22.0 Å². The lowest BCUT2D eigenvalue weighted by molar-refractivity contribution is -0.0969. The molecule has 6 heteroatoms. The minimum atomic E-state index is -0.551. The SMILES string of the molecule is CCOC(C#Cc1ccc2c(C)cc3n[nH]c(=O)n3c2c1)OCC. The number of benzene rings is 1. The van der Waals surface area contributed by atoms with E-state index < -0.39 is 6.29 Å². The highest BCUT2D eigenvalue weighted by atomic mass is 16.7. The van der Waals surface area contributed by atoms with Crippen LogP contribution in [-0.2, 0) is 9.47 Å². The van der Waals surface area contributed by atoms with Crippen LogP contribution in [0.5, 0.6) is 0 Å². The Morgan fingerprint density at radius 2 is 2.00 bits per heavy atom. The maximum Gasteiger partial charge on any atom is 0.348 e. The fourth-order valence-electron chi connectivity index (χ4n) is 2.61. The largest absolute Gasteiger partial charge is 0.348 e. The summed E-state index contributed by atoms with van der Waals surface area (Å²) >= 11 is 0. The molecule has 3 aromatic rings. The molecule has 24 heavy (non-hydrogen) atoms. The molecule has 6 nitrogen and oxygen atoms in total. The van der Waals surface area contributed by atoms with Gasteiger partial charge in [-0.15, -0.1) is 0 Å². The second-order valence-corrected chi connectivity index (χ2v) is 5.29. The summed E-state index contributed by atoms with van der Waals surface area (Å²) in [6.45, 7) is 6.85. The van der Waals surface area contributed by atoms with E-state index in [-0.39, 0.29) is 5.69 Å². The Morgan fingerprint density at radius 3 is 2.71 bits per heavy atom. The number of fused-ring (bicyclic) bond motifs is 3. The van der Waals surface area contributed by atoms with Gasteiger partial charge < -0.3 is 9.47 Å². The maximum absolute atomic E-state index is 12.0. The third-order valence-electron chi connectivity index (χ3n) is 3.68. The van der Waals surface area contributed by atoms with Gasteiger partial charge in [-0.3, -0.25) is 0 Å². The van der Waals surface area contributed by atoms with Crippen LogP contribution in [0, 0.1) is 18.8 Å². The van der Waals surface area contributed by atoms with E-state index in [4.69, 9.17) is 9.47 Å². The fourth-order valence-corrected chi connectivity index (χ4v) is 2.61. The first-order chi connectivity index (χ1) is 11.6. The Kier molecular flexibility index (Phi) is 4.65. The lowest BCUT2D eigenvalue weighted by Crippen LogP contribution is -2.14. The van der Waals surface area contributed by atoms with Crippen molar-refractivity contribution >= 4 is 16.6 Å². The quantitative estimate of drug-likeness (QED) is 0.590. The Bertz CT molecular complexity index is 986. The van der Waals surface area contributed by atoms with Gasteiger partial charge in [0.05, 0.1) is 5.52 Å². The molecule has 0 fully saturated rings. The van der Waals surface area contributed by atoms with Gasteiger partial charge in [-0.1, -0.05) is 12.0 Å². The monoisotopic (exact) mass is 325 g/mol. The number of hydrogen-bond acceptors (Lipinski definition) is 4. The molecule has 0 saturated carbocycles. The molecular formula is C18H19N3O3. The molecular weight excluding hydrogens is 306 g/mol. The van der Waals surface area contributed by atoms with Crippen LogP contribution in [0.1, 0.15) is 25.0 Å². The van der Waals surface area contributed by atoms with Gasteiger partial charge >= 0.3 is 5.69 Å². The van der Waals surface area contributed by atoms with Crippen LogP contribution in [-0.4, -0.2) is 34.1 Å². The average Bonchev–Trinajstić information content (AvgIpc) is 2.94. The number of rotatable bonds is 4. The molecule has 3 rings (SSSR count). The second kappa shape index (κ2) is 6.87. The molecule has 0 aliphatic heterocycles. The summed E-state index contributed by atoms with van der Waals surface area (Å²) in [5.74, 6) is 6.02. The van der Waals surface area contributed by atoms with E-state index in [1.165, 1.54) is 0 Å². The number of nitrogens with one attached hydrogen (secondary N) is 1. The Morgan fingerprint density at radius 1 is 1.25 bits per heavy atom. The van der Waals surface area contributed by atoms with Crippen molar-refractivity contribution in [2.75, 3.05) is 13.2 Å². The van der Waals surface area contributed by atoms with Gasteiger partial charge in [0, 0.05) is 24.2 Å². The molecule has 0 bridgehead atoms. The lowest BCUT2D eigenvalue weighted by Gasteiger charge is -2.09. The van der Waals surface area contributed by atoms with Crippen molar-refractivity contribution < 1.29 is 9.47 Å². The number of ether oxygens (including phenoxy) is 2. The second-order valence-electron chi connectivity index (χ2n) is 5.29. The van der Waals surface area contributed by atoms with E-state index in [1.54, 1.807) is 4.40 Å². The molecule has 2 heterocycles. The third-order valence-corrected chi connectivity index (χ3v) is 3.68. The summed E-state index contributed by atoms with van der Waals surface area (Å²) in [6.07, 6.45) is -0.551. The number of hydrogen-bond donors (Lipinski definition) is 1. The molecule has 1 aromatic carbocycles. The van der Waals surface area contributed by atoms with Crippen LogP contribution < -0.4 is 5.69 Å². The number of aromatic amines is 1. The normalized spacial score (nSPS) is 11.2. The minimum Gasteiger partial charge on any atom is -0.342 e. The number of nitrogens with zero attached hydrogens (tertiary/aromatic N) is 2. The molecule has 0 amide bonds. The zero-order valence-corrected chi connectivity index (χ0v) is 13.9. The zero-order valence-electron chi connectivity index (χ0n) is 13.9. The summed E-state index contributed by atoms with van der Waals surface area (Å²) in [4.78, 5) is 12.0. The van der Waals surface area contributed by atoms with Crippen LogP contribution in [0.2, 0.25) is 0 Å². The van der Waals surface area contributed by atoms with E-state index in [0.29, 0.717) is 18.9 Å². The van der Waals surface area contributed by atoms with Crippen molar-refractivity contribution in [1.29, 1.82) is 0 Å². The molecule has 0 atom stereocenters. The van der Waals surface area contributed by atoms with Crippen molar-refractivity contribution in [3.63, 3.8) is 0 Å². The van der Waals surface area contributed by atoms with Crippen LogP contribution in [0.25, 0.3) is 16.6 Å². The molecule has 124 valence electrons. The van der Waals surface area contributed by atoms with Crippen LogP contribution >= 0.6 is 0 Å². The van der Waals surface area contributed by atoms with E-state index in [2.05, 4.69) is 22.0 Å². The molecule has 2 aromatic heterocycles. The van der Waals surface area contributed by atoms with Crippen LogP contribution in [0.15, 0.2) is 29.1 Å². The van der Waals surface area contributed by atoms with Crippen molar-refractivity contribution in [1.82, 2.24) is 14.6 Å². The first kappa shape index (κ1) is 16.2. The summed E-state index contributed by atoms with van der Waals surface area (Å²) in [5.41, 5.74) is 2.95. The van der Waals surface area contributed by atoms with Gasteiger partial charge in [0.2, 0.25) is 6.29 Å². The lowest BCUT2D eigenvalue weighted by atomic mass is 10.1. The number of pyridine rings is 1. The molecule has 0 aliphatic carbocycles. The number of aromatic nitrogens is 3. The van der Waals surface area contributed by atoms with Gasteiger partial charge in [0.1, 0.15) is 0 Å². The smallest absolute Gasteiger partial charge is 0.342 e. The van der Waals surface area contributed by atoms with Crippen molar-refractivity contribution in [2.45, 2.75) is 27.1 Å². The Labute approximate surface area is 139 Å². The van der Waals surface area contributed by atoms with Gasteiger partial charge in [-0.05, 0) is 50.5 Å². The minimum absolute atomic E-state index is 0.262. The Hall–Kier alpha value is -2.62. The first-order valence-corrected chi connectivity index (χ1v) is 7.89. The van der Waals surface area contributed by atoms with Gasteiger partial charge in [0.25, 0.3) is 0 Å². The summed E-state index contributed by atoms with van der Waals surface area (Å²) < 4.78 is 12.4. The van der Waals surface area contributed by atoms with E-state index >= 15 is 0 Å². The summed E-state index contributed by atoms with van der Waals surface area (Å²) in [7, 11) is 0. The van der Waals surface area contributed by atoms with Crippen molar-refractivity contribution in [3.05, 3.63) is 45.9 Å². The first-order valence-electron chi connectivity index (χ1n) is 7.89. The molecule has 0 radical (unpaired) electrons. The van der Waals surface area contributed by atoms with Crippen LogP contribution in [0.3, 0.4) is 0 Å². The maximum atomic E-state index is 12.0. The molecule has 0 spiro atoms. The number of aryl methyl sites for hydroxylation is 1. The molecule has 0 saturated heterocycles. The fraction of sp³-hybridized carbons (Fsp3) is 0.333. The van der Waals surface area contributed by atoms with E-state index in [1.807, 2.05) is 45.0 Å². The molecule has 1 N–H and O–H groups in total. The zero-order chi connectivity index (χ0) is 17.1. The van der Waals surface area contributed by atoms with Crippen molar-refractivity contribution in [3.8, 4) is 11.8 Å². The standard InChI is InChI=1S/C18H19N3O3/c1-4-23-17(24-5-2)9-7-13-6-8-14-12(3)10-16-19-20-18(22)21(16)15(14)11-13/h6,8,10-11,17H,4-5H2,1-3H3,(H,20,22). The summed E-state index contributed by atoms with van der Waals surface area (Å²) in [5, 5.41) is 7.50. The highest BCUT2D eigenvalue weighted by Gasteiger charge is 2.08. The van der Waals surface area contributed by atoms with Gasteiger partial charge in [-0.25, -0.2) is 14.3 Å². The predicted octanol–water partition coefficient (Wildman–Crippen LogP) is 2.23.